The zero-order valence-corrected chi connectivity index (χ0v) is 14.8. The molecule has 27 heavy (non-hydrogen) atoms. The van der Waals surface area contributed by atoms with Gasteiger partial charge >= 0.3 is 0 Å². The third-order valence-electron chi connectivity index (χ3n) is 5.06. The quantitative estimate of drug-likeness (QED) is 0.591. The Balaban J connectivity index is 1.40. The molecule has 6 heteroatoms. The molecular weight excluding hydrogens is 338 g/mol. The highest BCUT2D eigenvalue weighted by Crippen LogP contribution is 2.21. The zero-order valence-electron chi connectivity index (χ0n) is 14.8. The van der Waals surface area contributed by atoms with Crippen molar-refractivity contribution < 1.29 is 0 Å². The van der Waals surface area contributed by atoms with Crippen molar-refractivity contribution in [3.05, 3.63) is 82.2 Å². The Hall–Kier alpha value is -3.25. The Bertz CT molecular complexity index is 1130. The lowest BCUT2D eigenvalue weighted by Crippen LogP contribution is -2.35. The van der Waals surface area contributed by atoms with E-state index in [1.807, 2.05) is 24.3 Å². The van der Waals surface area contributed by atoms with Gasteiger partial charge in [0.25, 0.3) is 5.56 Å². The third kappa shape index (κ3) is 3.04. The minimum atomic E-state index is -0.0554. The summed E-state index contributed by atoms with van der Waals surface area (Å²) in [5.74, 6) is 0.593. The molecular formula is C21H19N5O. The molecule has 3 aromatic heterocycles. The van der Waals surface area contributed by atoms with Gasteiger partial charge in [0.2, 0.25) is 0 Å². The van der Waals surface area contributed by atoms with Crippen molar-refractivity contribution in [2.75, 3.05) is 6.54 Å². The van der Waals surface area contributed by atoms with Crippen LogP contribution in [0, 0.1) is 0 Å². The van der Waals surface area contributed by atoms with Gasteiger partial charge in [0.15, 0.2) is 0 Å². The number of rotatable bonds is 3. The summed E-state index contributed by atoms with van der Waals surface area (Å²) in [4.78, 5) is 30.1. The van der Waals surface area contributed by atoms with Gasteiger partial charge in [0, 0.05) is 55.2 Å². The van der Waals surface area contributed by atoms with Gasteiger partial charge in [-0.05, 0) is 29.7 Å². The van der Waals surface area contributed by atoms with Crippen LogP contribution in [-0.4, -0.2) is 31.4 Å². The van der Waals surface area contributed by atoms with Crippen LogP contribution >= 0.6 is 0 Å². The number of nitrogens with one attached hydrogen (secondary N) is 2. The number of aromatic nitrogens is 4. The Morgan fingerprint density at radius 2 is 2.04 bits per heavy atom. The minimum Gasteiger partial charge on any atom is -0.357 e. The fourth-order valence-electron chi connectivity index (χ4n) is 3.72. The number of nitrogens with zero attached hydrogens (tertiary/aromatic N) is 3. The Labute approximate surface area is 155 Å². The van der Waals surface area contributed by atoms with Crippen LogP contribution in [0.25, 0.3) is 22.3 Å². The summed E-state index contributed by atoms with van der Waals surface area (Å²) < 4.78 is 0. The molecule has 0 atom stereocenters. The maximum atomic E-state index is 12.6. The smallest absolute Gasteiger partial charge is 0.255 e. The Morgan fingerprint density at radius 1 is 1.11 bits per heavy atom. The van der Waals surface area contributed by atoms with Crippen LogP contribution in [-0.2, 0) is 19.5 Å². The molecule has 0 amide bonds. The van der Waals surface area contributed by atoms with E-state index in [-0.39, 0.29) is 5.56 Å². The summed E-state index contributed by atoms with van der Waals surface area (Å²) in [7, 11) is 0. The normalized spacial score (nSPS) is 14.4. The first-order chi connectivity index (χ1) is 13.3. The van der Waals surface area contributed by atoms with Crippen LogP contribution in [0.4, 0.5) is 0 Å². The van der Waals surface area contributed by atoms with E-state index < -0.39 is 0 Å². The first-order valence-corrected chi connectivity index (χ1v) is 9.08. The number of H-pyrrole nitrogens is 2. The minimum absolute atomic E-state index is 0.0554. The van der Waals surface area contributed by atoms with E-state index in [4.69, 9.17) is 4.98 Å². The Morgan fingerprint density at radius 3 is 2.89 bits per heavy atom. The van der Waals surface area contributed by atoms with E-state index in [2.05, 4.69) is 38.1 Å². The number of benzene rings is 1. The topological polar surface area (TPSA) is 77.7 Å². The Kier molecular flexibility index (Phi) is 3.83. The molecule has 4 aromatic rings. The van der Waals surface area contributed by atoms with E-state index in [0.29, 0.717) is 12.4 Å². The predicted octanol–water partition coefficient (Wildman–Crippen LogP) is 2.87. The molecule has 0 saturated carbocycles. The van der Waals surface area contributed by atoms with Crippen molar-refractivity contribution in [2.45, 2.75) is 19.5 Å². The lowest BCUT2D eigenvalue weighted by Gasteiger charge is -2.27. The van der Waals surface area contributed by atoms with Crippen molar-refractivity contribution in [3.8, 4) is 11.4 Å². The molecule has 0 fully saturated rings. The first kappa shape index (κ1) is 16.0. The van der Waals surface area contributed by atoms with Crippen LogP contribution < -0.4 is 5.56 Å². The van der Waals surface area contributed by atoms with Gasteiger partial charge in [0.05, 0.1) is 11.3 Å². The van der Waals surface area contributed by atoms with E-state index in [9.17, 15) is 4.79 Å². The van der Waals surface area contributed by atoms with Crippen LogP contribution in [0.2, 0.25) is 0 Å². The van der Waals surface area contributed by atoms with Crippen LogP contribution in [0.3, 0.4) is 0 Å². The number of pyridine rings is 1. The molecule has 5 rings (SSSR count). The number of hydrogen-bond donors (Lipinski definition) is 2. The summed E-state index contributed by atoms with van der Waals surface area (Å²) >= 11 is 0. The van der Waals surface area contributed by atoms with Crippen molar-refractivity contribution in [1.82, 2.24) is 24.8 Å². The first-order valence-electron chi connectivity index (χ1n) is 9.08. The molecule has 134 valence electrons. The summed E-state index contributed by atoms with van der Waals surface area (Å²) in [5.41, 5.74) is 4.75. The summed E-state index contributed by atoms with van der Waals surface area (Å²) in [6.45, 7) is 2.28. The molecule has 0 aliphatic carbocycles. The zero-order chi connectivity index (χ0) is 18.2. The molecule has 0 unspecified atom stereocenters. The molecule has 1 aliphatic rings. The van der Waals surface area contributed by atoms with Crippen LogP contribution in [0.5, 0.6) is 0 Å². The van der Waals surface area contributed by atoms with Crippen molar-refractivity contribution >= 4 is 10.9 Å². The summed E-state index contributed by atoms with van der Waals surface area (Å²) in [6, 6.07) is 14.2. The largest absolute Gasteiger partial charge is 0.357 e. The molecule has 0 saturated heterocycles. The van der Waals surface area contributed by atoms with Gasteiger partial charge in [-0.1, -0.05) is 18.2 Å². The highest BCUT2D eigenvalue weighted by Gasteiger charge is 2.22. The third-order valence-corrected chi connectivity index (χ3v) is 5.06. The number of para-hydroxylation sites is 1. The predicted molar refractivity (Wildman–Crippen MR) is 104 cm³/mol. The molecule has 0 bridgehead atoms. The molecule has 0 radical (unpaired) electrons. The van der Waals surface area contributed by atoms with Gasteiger partial charge in [-0.25, -0.2) is 4.98 Å². The highest BCUT2D eigenvalue weighted by atomic mass is 16.1. The average Bonchev–Trinajstić information content (AvgIpc) is 3.11. The van der Waals surface area contributed by atoms with Crippen molar-refractivity contribution in [3.63, 3.8) is 0 Å². The van der Waals surface area contributed by atoms with E-state index >= 15 is 0 Å². The monoisotopic (exact) mass is 357 g/mol. The summed E-state index contributed by atoms with van der Waals surface area (Å²) in [6.07, 6.45) is 4.20. The van der Waals surface area contributed by atoms with Gasteiger partial charge in [-0.15, -0.1) is 0 Å². The molecule has 4 heterocycles. The second-order valence-corrected chi connectivity index (χ2v) is 6.92. The standard InChI is InChI=1S/C21H19N5O/c27-21-17-13-26(12-16-10-14-4-1-2-6-18(14)23-16)9-7-19(17)24-20(25-21)15-5-3-8-22-11-15/h1-6,8,10-11,23H,7,9,12-13H2,(H,24,25,27). The maximum Gasteiger partial charge on any atom is 0.255 e. The van der Waals surface area contributed by atoms with Crippen LogP contribution in [0.15, 0.2) is 59.7 Å². The van der Waals surface area contributed by atoms with Gasteiger partial charge in [0.1, 0.15) is 5.82 Å². The van der Waals surface area contributed by atoms with E-state index in [0.717, 1.165) is 47.5 Å². The molecule has 0 spiro atoms. The van der Waals surface area contributed by atoms with Gasteiger partial charge < -0.3 is 9.97 Å². The molecule has 1 aromatic carbocycles. The van der Waals surface area contributed by atoms with Crippen molar-refractivity contribution in [2.24, 2.45) is 0 Å². The fraction of sp³-hybridized carbons (Fsp3) is 0.190. The molecule has 6 nitrogen and oxygen atoms in total. The number of fused-ring (bicyclic) bond motifs is 2. The number of aromatic amines is 2. The van der Waals surface area contributed by atoms with Gasteiger partial charge in [-0.3, -0.25) is 14.7 Å². The van der Waals surface area contributed by atoms with E-state index in [1.165, 1.54) is 5.39 Å². The molecule has 2 N–H and O–H groups in total. The second kappa shape index (κ2) is 6.48. The second-order valence-electron chi connectivity index (χ2n) is 6.92. The van der Waals surface area contributed by atoms with Gasteiger partial charge in [-0.2, -0.15) is 0 Å². The SMILES string of the molecule is O=c1[nH]c(-c2cccnc2)nc2c1CN(Cc1cc3ccccc3[nH]1)CC2. The van der Waals surface area contributed by atoms with E-state index in [1.54, 1.807) is 12.4 Å². The fourth-order valence-corrected chi connectivity index (χ4v) is 3.72. The average molecular weight is 357 g/mol. The van der Waals surface area contributed by atoms with Crippen LogP contribution in [0.1, 0.15) is 17.0 Å². The maximum absolute atomic E-state index is 12.6. The lowest BCUT2D eigenvalue weighted by atomic mass is 10.1. The molecule has 1 aliphatic heterocycles. The lowest BCUT2D eigenvalue weighted by molar-refractivity contribution is 0.239. The van der Waals surface area contributed by atoms with Crippen molar-refractivity contribution in [1.29, 1.82) is 0 Å². The summed E-state index contributed by atoms with van der Waals surface area (Å²) in [5, 5.41) is 1.21. The highest BCUT2D eigenvalue weighted by molar-refractivity contribution is 5.80. The number of hydrogen-bond acceptors (Lipinski definition) is 4.